The van der Waals surface area contributed by atoms with Crippen LogP contribution in [0.3, 0.4) is 0 Å². The first-order valence-corrected chi connectivity index (χ1v) is 9.12. The molecular formula is C18H16F3NO4S. The van der Waals surface area contributed by atoms with Crippen LogP contribution in [0.4, 0.5) is 13.2 Å². The second kappa shape index (κ2) is 7.67. The van der Waals surface area contributed by atoms with Gasteiger partial charge < -0.3 is 14.3 Å². The average Bonchev–Trinajstić information content (AvgIpc) is 2.79. The first-order valence-electron chi connectivity index (χ1n) is 8.07. The van der Waals surface area contributed by atoms with E-state index in [9.17, 15) is 23.1 Å². The van der Waals surface area contributed by atoms with E-state index >= 15 is 0 Å². The van der Waals surface area contributed by atoms with Crippen LogP contribution in [0.15, 0.2) is 44.5 Å². The molecule has 0 fully saturated rings. The normalized spacial score (nSPS) is 17.9. The number of nitrogens with zero attached hydrogens (tertiary/aromatic N) is 1. The molecule has 2 heterocycles. The number of hydrogen-bond acceptors (Lipinski definition) is 6. The zero-order valence-corrected chi connectivity index (χ0v) is 15.1. The van der Waals surface area contributed by atoms with Crippen molar-refractivity contribution in [1.29, 1.82) is 0 Å². The van der Waals surface area contributed by atoms with E-state index in [0.29, 0.717) is 30.2 Å². The van der Waals surface area contributed by atoms with Gasteiger partial charge in [-0.15, -0.1) is 13.2 Å². The summed E-state index contributed by atoms with van der Waals surface area (Å²) in [4.78, 5) is 16.5. The van der Waals surface area contributed by atoms with Crippen LogP contribution >= 0.6 is 11.8 Å². The highest BCUT2D eigenvalue weighted by Crippen LogP contribution is 2.37. The van der Waals surface area contributed by atoms with Crippen LogP contribution in [0.25, 0.3) is 0 Å². The Balaban J connectivity index is 1.85. The highest BCUT2D eigenvalue weighted by Gasteiger charge is 2.31. The minimum atomic E-state index is -4.74. The van der Waals surface area contributed by atoms with E-state index in [0.717, 1.165) is 5.56 Å². The van der Waals surface area contributed by atoms with Crippen molar-refractivity contribution >= 4 is 17.5 Å². The molecule has 0 saturated heterocycles. The fraction of sp³-hybridized carbons (Fsp3) is 0.333. The lowest BCUT2D eigenvalue weighted by molar-refractivity contribution is -0.274. The minimum absolute atomic E-state index is 0.0325. The molecule has 144 valence electrons. The Hall–Kier alpha value is -2.42. The van der Waals surface area contributed by atoms with Crippen molar-refractivity contribution in [2.24, 2.45) is 4.99 Å². The molecule has 5 nitrogen and oxygen atoms in total. The van der Waals surface area contributed by atoms with Gasteiger partial charge in [-0.05, 0) is 24.6 Å². The molecule has 1 aliphatic rings. The molecule has 0 radical (unpaired) electrons. The van der Waals surface area contributed by atoms with Gasteiger partial charge in [-0.25, -0.2) is 4.79 Å². The largest absolute Gasteiger partial charge is 0.573 e. The summed E-state index contributed by atoms with van der Waals surface area (Å²) in [5, 5.41) is 10.0. The van der Waals surface area contributed by atoms with E-state index in [4.69, 9.17) is 4.42 Å². The lowest BCUT2D eigenvalue weighted by atomic mass is 10.0. The quantitative estimate of drug-likeness (QED) is 0.837. The third-order valence-electron chi connectivity index (χ3n) is 3.92. The standard InChI is InChI=1S/C18H16F3NO4S/c1-10-8-14(23)16(17(24)25-10)13-9-15(27-7-6-22-13)11-2-4-12(5-3-11)26-18(19,20)21/h2-5,8,15,23H,6-7,9H2,1H3. The molecule has 0 bridgehead atoms. The van der Waals surface area contributed by atoms with Gasteiger partial charge in [0.2, 0.25) is 0 Å². The van der Waals surface area contributed by atoms with Crippen molar-refractivity contribution < 1.29 is 27.4 Å². The van der Waals surface area contributed by atoms with E-state index in [-0.39, 0.29) is 22.3 Å². The number of rotatable bonds is 3. The van der Waals surface area contributed by atoms with Gasteiger partial charge in [0.1, 0.15) is 22.8 Å². The van der Waals surface area contributed by atoms with Crippen molar-refractivity contribution in [3.8, 4) is 11.5 Å². The summed E-state index contributed by atoms with van der Waals surface area (Å²) in [5.41, 5.74) is 0.572. The fourth-order valence-corrected chi connectivity index (χ4v) is 3.92. The number of hydrogen-bond donors (Lipinski definition) is 1. The Kier molecular flexibility index (Phi) is 5.50. The SMILES string of the molecule is Cc1cc(O)c(C2=NCCSC(c3ccc(OC(F)(F)F)cc3)C2)c(=O)o1. The van der Waals surface area contributed by atoms with Crippen LogP contribution in [-0.2, 0) is 0 Å². The number of halogens is 3. The molecule has 0 amide bonds. The Morgan fingerprint density at radius 1 is 1.30 bits per heavy atom. The number of thioether (sulfide) groups is 1. The summed E-state index contributed by atoms with van der Waals surface area (Å²) in [6, 6.07) is 6.97. The van der Waals surface area contributed by atoms with Crippen molar-refractivity contribution in [2.45, 2.75) is 25.0 Å². The lowest BCUT2D eigenvalue weighted by Crippen LogP contribution is -2.17. The second-order valence-corrected chi connectivity index (χ2v) is 7.22. The molecule has 1 aromatic heterocycles. The second-order valence-electron chi connectivity index (χ2n) is 5.91. The maximum Gasteiger partial charge on any atom is 0.573 e. The van der Waals surface area contributed by atoms with Crippen LogP contribution in [-0.4, -0.2) is 29.5 Å². The summed E-state index contributed by atoms with van der Waals surface area (Å²) in [6.45, 7) is 2.02. The molecule has 27 heavy (non-hydrogen) atoms. The maximum absolute atomic E-state index is 12.3. The van der Waals surface area contributed by atoms with Crippen LogP contribution in [0, 0.1) is 6.92 Å². The highest BCUT2D eigenvalue weighted by atomic mass is 32.2. The Morgan fingerprint density at radius 3 is 2.63 bits per heavy atom. The molecule has 0 saturated carbocycles. The summed E-state index contributed by atoms with van der Waals surface area (Å²) < 4.78 is 45.8. The van der Waals surface area contributed by atoms with Gasteiger partial charge in [0.25, 0.3) is 0 Å². The van der Waals surface area contributed by atoms with Gasteiger partial charge in [-0.1, -0.05) is 12.1 Å². The van der Waals surface area contributed by atoms with E-state index in [1.54, 1.807) is 30.8 Å². The van der Waals surface area contributed by atoms with Crippen molar-refractivity contribution in [2.75, 3.05) is 12.3 Å². The van der Waals surface area contributed by atoms with Crippen LogP contribution in [0.1, 0.15) is 28.6 Å². The first-order chi connectivity index (χ1) is 12.7. The van der Waals surface area contributed by atoms with E-state index in [1.165, 1.54) is 18.2 Å². The number of aliphatic imine (C=N–C) groups is 1. The maximum atomic E-state index is 12.3. The van der Waals surface area contributed by atoms with Gasteiger partial charge in [0.15, 0.2) is 0 Å². The lowest BCUT2D eigenvalue weighted by Gasteiger charge is -2.16. The molecule has 1 aliphatic heterocycles. The molecule has 9 heteroatoms. The molecule has 0 spiro atoms. The highest BCUT2D eigenvalue weighted by molar-refractivity contribution is 7.99. The number of benzene rings is 1. The third-order valence-corrected chi connectivity index (χ3v) is 5.18. The minimum Gasteiger partial charge on any atom is -0.507 e. The first kappa shape index (κ1) is 19.3. The zero-order chi connectivity index (χ0) is 19.6. The average molecular weight is 399 g/mol. The Bertz CT molecular complexity index is 906. The predicted octanol–water partition coefficient (Wildman–Crippen LogP) is 4.22. The molecule has 2 aromatic rings. The van der Waals surface area contributed by atoms with E-state index in [1.807, 2.05) is 0 Å². The Morgan fingerprint density at radius 2 is 2.00 bits per heavy atom. The van der Waals surface area contributed by atoms with E-state index < -0.39 is 12.0 Å². The van der Waals surface area contributed by atoms with Gasteiger partial charge in [0.05, 0.1) is 5.71 Å². The van der Waals surface area contributed by atoms with Gasteiger partial charge in [0, 0.05) is 30.0 Å². The van der Waals surface area contributed by atoms with Crippen molar-refractivity contribution in [3.63, 3.8) is 0 Å². The predicted molar refractivity (Wildman–Crippen MR) is 95.7 cm³/mol. The van der Waals surface area contributed by atoms with Gasteiger partial charge >= 0.3 is 12.0 Å². The van der Waals surface area contributed by atoms with Gasteiger partial charge in [-0.2, -0.15) is 11.8 Å². The molecular weight excluding hydrogens is 383 g/mol. The van der Waals surface area contributed by atoms with Crippen LogP contribution in [0.5, 0.6) is 11.5 Å². The van der Waals surface area contributed by atoms with Crippen LogP contribution < -0.4 is 10.4 Å². The summed E-state index contributed by atoms with van der Waals surface area (Å²) >= 11 is 1.58. The molecule has 1 unspecified atom stereocenters. The molecule has 1 N–H and O–H groups in total. The van der Waals surface area contributed by atoms with E-state index in [2.05, 4.69) is 9.73 Å². The summed E-state index contributed by atoms with van der Waals surface area (Å²) in [7, 11) is 0. The van der Waals surface area contributed by atoms with Gasteiger partial charge in [-0.3, -0.25) is 4.99 Å². The monoisotopic (exact) mass is 399 g/mol. The molecule has 1 aromatic carbocycles. The number of aryl methyl sites for hydroxylation is 1. The van der Waals surface area contributed by atoms with Crippen molar-refractivity contribution in [3.05, 3.63) is 57.6 Å². The molecule has 0 aliphatic carbocycles. The summed E-state index contributed by atoms with van der Waals surface area (Å²) in [6.07, 6.45) is -4.40. The summed E-state index contributed by atoms with van der Waals surface area (Å²) in [5.74, 6) is 0.478. The zero-order valence-electron chi connectivity index (χ0n) is 14.2. The third kappa shape index (κ3) is 4.85. The Labute approximate surface area is 156 Å². The topological polar surface area (TPSA) is 72.0 Å². The number of aromatic hydroxyl groups is 1. The van der Waals surface area contributed by atoms with Crippen LogP contribution in [0.2, 0.25) is 0 Å². The molecule has 1 atom stereocenters. The van der Waals surface area contributed by atoms with Crippen molar-refractivity contribution in [1.82, 2.24) is 0 Å². The number of ether oxygens (including phenoxy) is 1. The molecule has 3 rings (SSSR count). The smallest absolute Gasteiger partial charge is 0.507 e. The fourth-order valence-electron chi connectivity index (χ4n) is 2.82. The number of alkyl halides is 3.